The normalized spacial score (nSPS) is 15.1. The number of rotatable bonds is 1. The predicted octanol–water partition coefficient (Wildman–Crippen LogP) is 0.715. The fraction of sp³-hybridized carbons (Fsp3) is 0.286. The Bertz CT molecular complexity index is 380. The van der Waals surface area contributed by atoms with Gasteiger partial charge in [-0.25, -0.2) is 9.97 Å². The van der Waals surface area contributed by atoms with E-state index in [0.717, 1.165) is 6.54 Å². The first kappa shape index (κ1) is 9.48. The molecular formula is C7H7Cl2N5. The van der Waals surface area contributed by atoms with Gasteiger partial charge in [-0.15, -0.1) is 0 Å². The highest BCUT2D eigenvalue weighted by Crippen LogP contribution is 2.22. The molecule has 2 rings (SSSR count). The summed E-state index contributed by atoms with van der Waals surface area (Å²) in [6.07, 6.45) is 0. The molecule has 5 nitrogen and oxygen atoms in total. The second-order valence-corrected chi connectivity index (χ2v) is 3.41. The van der Waals surface area contributed by atoms with E-state index in [1.165, 1.54) is 0 Å². The Morgan fingerprint density at radius 2 is 1.86 bits per heavy atom. The van der Waals surface area contributed by atoms with Crippen LogP contribution in [-0.2, 0) is 0 Å². The molecule has 0 amide bonds. The van der Waals surface area contributed by atoms with E-state index in [1.807, 2.05) is 0 Å². The zero-order chi connectivity index (χ0) is 10.1. The highest BCUT2D eigenvalue weighted by atomic mass is 35.5. The topological polar surface area (TPSA) is 76.2 Å². The molecule has 7 heteroatoms. The summed E-state index contributed by atoms with van der Waals surface area (Å²) >= 11 is 11.8. The van der Waals surface area contributed by atoms with Crippen LogP contribution >= 0.6 is 23.2 Å². The molecule has 0 fully saturated rings. The smallest absolute Gasteiger partial charge is 0.222 e. The first-order valence-electron chi connectivity index (χ1n) is 3.95. The molecule has 0 unspecified atom stereocenters. The number of nitrogen functional groups attached to an aromatic ring is 1. The van der Waals surface area contributed by atoms with Gasteiger partial charge in [-0.2, -0.15) is 0 Å². The molecule has 14 heavy (non-hydrogen) atoms. The molecule has 74 valence electrons. The quantitative estimate of drug-likeness (QED) is 0.699. The van der Waals surface area contributed by atoms with Crippen molar-refractivity contribution in [1.82, 2.24) is 15.3 Å². The van der Waals surface area contributed by atoms with Gasteiger partial charge in [-0.3, -0.25) is 4.99 Å². The maximum atomic E-state index is 5.88. The maximum absolute atomic E-state index is 5.88. The number of hydrogen-bond donors (Lipinski definition) is 2. The van der Waals surface area contributed by atoms with E-state index in [1.54, 1.807) is 0 Å². The Morgan fingerprint density at radius 1 is 1.21 bits per heavy atom. The van der Waals surface area contributed by atoms with Gasteiger partial charge in [0.1, 0.15) is 16.1 Å². The highest BCUT2D eigenvalue weighted by Gasteiger charge is 2.18. The standard InChI is InChI=1S/C7H7Cl2N5/c8-4-3(6-11-1-2-12-6)5(9)14-7(10)13-4/h1-2H2,(H,11,12)(H2,10,13,14). The van der Waals surface area contributed by atoms with Crippen LogP contribution in [0.4, 0.5) is 5.95 Å². The van der Waals surface area contributed by atoms with Crippen molar-refractivity contribution >= 4 is 35.0 Å². The van der Waals surface area contributed by atoms with Crippen molar-refractivity contribution < 1.29 is 0 Å². The zero-order valence-corrected chi connectivity index (χ0v) is 8.60. The molecule has 1 aromatic heterocycles. The first-order valence-corrected chi connectivity index (χ1v) is 4.71. The van der Waals surface area contributed by atoms with Crippen molar-refractivity contribution in [3.05, 3.63) is 15.9 Å². The van der Waals surface area contributed by atoms with Gasteiger partial charge in [-0.05, 0) is 0 Å². The molecule has 2 heterocycles. The van der Waals surface area contributed by atoms with Gasteiger partial charge in [0, 0.05) is 6.54 Å². The van der Waals surface area contributed by atoms with E-state index in [-0.39, 0.29) is 16.3 Å². The fourth-order valence-corrected chi connectivity index (χ4v) is 1.76. The third-order valence-electron chi connectivity index (χ3n) is 1.75. The largest absolute Gasteiger partial charge is 0.368 e. The molecule has 0 bridgehead atoms. The van der Waals surface area contributed by atoms with Crippen LogP contribution in [0, 0.1) is 0 Å². The molecular weight excluding hydrogens is 225 g/mol. The van der Waals surface area contributed by atoms with Crippen LogP contribution in [0.15, 0.2) is 4.99 Å². The van der Waals surface area contributed by atoms with Crippen LogP contribution in [0.2, 0.25) is 10.3 Å². The average molecular weight is 232 g/mol. The van der Waals surface area contributed by atoms with Crippen molar-refractivity contribution in [2.45, 2.75) is 0 Å². The zero-order valence-electron chi connectivity index (χ0n) is 7.09. The van der Waals surface area contributed by atoms with Crippen molar-refractivity contribution in [3.63, 3.8) is 0 Å². The lowest BCUT2D eigenvalue weighted by Crippen LogP contribution is -2.21. The van der Waals surface area contributed by atoms with Crippen molar-refractivity contribution in [3.8, 4) is 0 Å². The third-order valence-corrected chi connectivity index (χ3v) is 2.30. The Labute approximate surface area is 90.4 Å². The van der Waals surface area contributed by atoms with Crippen molar-refractivity contribution in [1.29, 1.82) is 0 Å². The molecule has 0 saturated carbocycles. The lowest BCUT2D eigenvalue weighted by molar-refractivity contribution is 0.959. The van der Waals surface area contributed by atoms with Crippen LogP contribution in [0.25, 0.3) is 0 Å². The maximum Gasteiger partial charge on any atom is 0.222 e. The summed E-state index contributed by atoms with van der Waals surface area (Å²) in [5, 5.41) is 3.47. The Morgan fingerprint density at radius 3 is 2.36 bits per heavy atom. The summed E-state index contributed by atoms with van der Waals surface area (Å²) in [6, 6.07) is 0. The minimum atomic E-state index is 0.0577. The summed E-state index contributed by atoms with van der Waals surface area (Å²) in [5.74, 6) is 0.683. The van der Waals surface area contributed by atoms with E-state index in [4.69, 9.17) is 28.9 Å². The van der Waals surface area contributed by atoms with Crippen LogP contribution in [0.3, 0.4) is 0 Å². The lowest BCUT2D eigenvalue weighted by Gasteiger charge is -2.06. The number of amidine groups is 1. The summed E-state index contributed by atoms with van der Waals surface area (Å²) < 4.78 is 0. The van der Waals surface area contributed by atoms with Gasteiger partial charge in [0.15, 0.2) is 0 Å². The average Bonchev–Trinajstić information content (AvgIpc) is 2.54. The Balaban J connectivity index is 2.52. The third kappa shape index (κ3) is 1.60. The molecule has 1 aromatic rings. The minimum Gasteiger partial charge on any atom is -0.368 e. The summed E-state index contributed by atoms with van der Waals surface area (Å²) in [6.45, 7) is 1.47. The molecule has 0 atom stereocenters. The molecule has 0 spiro atoms. The van der Waals surface area contributed by atoms with Crippen LogP contribution in [0.5, 0.6) is 0 Å². The van der Waals surface area contributed by atoms with Crippen molar-refractivity contribution in [2.24, 2.45) is 4.99 Å². The molecule has 0 saturated heterocycles. The lowest BCUT2D eigenvalue weighted by atomic mass is 10.3. The van der Waals surface area contributed by atoms with Gasteiger partial charge < -0.3 is 11.1 Å². The van der Waals surface area contributed by atoms with E-state index in [9.17, 15) is 0 Å². The van der Waals surface area contributed by atoms with Crippen molar-refractivity contribution in [2.75, 3.05) is 18.8 Å². The van der Waals surface area contributed by atoms with E-state index >= 15 is 0 Å². The van der Waals surface area contributed by atoms with Gasteiger partial charge in [-0.1, -0.05) is 23.2 Å². The van der Waals surface area contributed by atoms with Crippen LogP contribution in [0.1, 0.15) is 5.56 Å². The molecule has 3 N–H and O–H groups in total. The molecule has 1 aliphatic heterocycles. The molecule has 0 aliphatic carbocycles. The molecule has 0 aromatic carbocycles. The predicted molar refractivity (Wildman–Crippen MR) is 55.9 cm³/mol. The number of hydrogen-bond acceptors (Lipinski definition) is 5. The molecule has 0 radical (unpaired) electrons. The second-order valence-electron chi connectivity index (χ2n) is 2.70. The first-order chi connectivity index (χ1) is 6.68. The molecule has 1 aliphatic rings. The van der Waals surface area contributed by atoms with Crippen LogP contribution < -0.4 is 11.1 Å². The van der Waals surface area contributed by atoms with Gasteiger partial charge in [0.05, 0.1) is 12.1 Å². The number of aromatic nitrogens is 2. The Kier molecular flexibility index (Phi) is 2.43. The van der Waals surface area contributed by atoms with E-state index < -0.39 is 0 Å². The van der Waals surface area contributed by atoms with Gasteiger partial charge >= 0.3 is 0 Å². The minimum absolute atomic E-state index is 0.0577. The number of anilines is 1. The van der Waals surface area contributed by atoms with Gasteiger partial charge in [0.2, 0.25) is 5.95 Å². The number of aliphatic imine (C=N–C) groups is 1. The Hall–Kier alpha value is -1.07. The van der Waals surface area contributed by atoms with E-state index in [2.05, 4.69) is 20.3 Å². The number of nitrogens with two attached hydrogens (primary N) is 1. The second kappa shape index (κ2) is 3.59. The van der Waals surface area contributed by atoms with E-state index in [0.29, 0.717) is 17.9 Å². The monoisotopic (exact) mass is 231 g/mol. The SMILES string of the molecule is Nc1nc(Cl)c(C2=NCCN2)c(Cl)n1. The van der Waals surface area contributed by atoms with Gasteiger partial charge in [0.25, 0.3) is 0 Å². The summed E-state index contributed by atoms with van der Waals surface area (Å²) in [5.41, 5.74) is 5.89. The number of halogens is 2. The summed E-state index contributed by atoms with van der Waals surface area (Å²) in [7, 11) is 0. The highest BCUT2D eigenvalue weighted by molar-refractivity contribution is 6.38. The summed E-state index contributed by atoms with van der Waals surface area (Å²) in [4.78, 5) is 11.8. The van der Waals surface area contributed by atoms with Crippen LogP contribution in [-0.4, -0.2) is 28.9 Å². The fourth-order valence-electron chi connectivity index (χ4n) is 1.18. The number of nitrogens with one attached hydrogen (secondary N) is 1. The number of nitrogens with zero attached hydrogens (tertiary/aromatic N) is 3.